The molecule has 0 aromatic heterocycles. The summed E-state index contributed by atoms with van der Waals surface area (Å²) in [6.45, 7) is 10.0. The van der Waals surface area contributed by atoms with Gasteiger partial charge in [0.1, 0.15) is 23.4 Å². The molecule has 2 aromatic rings. The van der Waals surface area contributed by atoms with Crippen molar-refractivity contribution >= 4 is 23.6 Å². The molecule has 37 heavy (non-hydrogen) atoms. The number of alkyl carbamates (subject to hydrolysis) is 1. The Kier molecular flexibility index (Phi) is 10.5. The Labute approximate surface area is 219 Å². The van der Waals surface area contributed by atoms with Crippen molar-refractivity contribution in [2.24, 2.45) is 0 Å². The third kappa shape index (κ3) is 8.21. The number of aliphatic hydroxyl groups is 1. The van der Waals surface area contributed by atoms with E-state index in [-0.39, 0.29) is 0 Å². The van der Waals surface area contributed by atoms with Crippen molar-refractivity contribution < 1.29 is 29.0 Å². The van der Waals surface area contributed by atoms with E-state index in [1.807, 2.05) is 32.9 Å². The molecule has 0 saturated carbocycles. The van der Waals surface area contributed by atoms with Crippen molar-refractivity contribution in [2.75, 3.05) is 19.0 Å². The summed E-state index contributed by atoms with van der Waals surface area (Å²) in [6, 6.07) is 11.5. The molecule has 0 bridgehead atoms. The van der Waals surface area contributed by atoms with Gasteiger partial charge in [-0.3, -0.25) is 9.59 Å². The number of hydrogen-bond donors (Lipinski definition) is 3. The number of aliphatic hydroxyl groups excluding tert-OH is 1. The standard InChI is InChI=1S/C28H39N3O6/c1-8-19(3)31(26(34)23(17-32)30-27(35)37-28(4,5)6)24(22-12-10-9-11-18(22)2)25(33)29-20-13-15-21(36-7)16-14-20/h9-16,19,23-24,32H,8,17H2,1-7H3,(H,29,33)(H,30,35). The van der Waals surface area contributed by atoms with Crippen LogP contribution in [0.2, 0.25) is 0 Å². The first-order valence-corrected chi connectivity index (χ1v) is 12.3. The van der Waals surface area contributed by atoms with E-state index in [0.717, 1.165) is 5.56 Å². The van der Waals surface area contributed by atoms with Crippen molar-refractivity contribution in [3.8, 4) is 5.75 Å². The number of hydrogen-bond acceptors (Lipinski definition) is 6. The van der Waals surface area contributed by atoms with Gasteiger partial charge in [0.15, 0.2) is 0 Å². The van der Waals surface area contributed by atoms with Crippen LogP contribution in [-0.2, 0) is 14.3 Å². The molecule has 9 heteroatoms. The number of nitrogens with zero attached hydrogens (tertiary/aromatic N) is 1. The Balaban J connectivity index is 2.50. The Morgan fingerprint density at radius 1 is 1.05 bits per heavy atom. The molecule has 202 valence electrons. The van der Waals surface area contributed by atoms with E-state index >= 15 is 0 Å². The van der Waals surface area contributed by atoms with Gasteiger partial charge in [-0.2, -0.15) is 0 Å². The average molecular weight is 514 g/mol. The van der Waals surface area contributed by atoms with Gasteiger partial charge in [0.25, 0.3) is 5.91 Å². The second-order valence-corrected chi connectivity index (χ2v) is 9.86. The molecular formula is C28H39N3O6. The predicted octanol–water partition coefficient (Wildman–Crippen LogP) is 4.20. The molecule has 0 radical (unpaired) electrons. The van der Waals surface area contributed by atoms with Gasteiger partial charge in [-0.15, -0.1) is 0 Å². The number of carbonyl (C=O) groups excluding carboxylic acids is 3. The second kappa shape index (κ2) is 13.1. The Hall–Kier alpha value is -3.59. The number of benzene rings is 2. The third-order valence-corrected chi connectivity index (χ3v) is 5.86. The van der Waals surface area contributed by atoms with Crippen molar-refractivity contribution in [2.45, 2.75) is 71.7 Å². The SMILES string of the molecule is CCC(C)N(C(=O)C(CO)NC(=O)OC(C)(C)C)C(C(=O)Nc1ccc(OC)cc1)c1ccccc1C. The van der Waals surface area contributed by atoms with Crippen LogP contribution in [0.3, 0.4) is 0 Å². The summed E-state index contributed by atoms with van der Waals surface area (Å²) >= 11 is 0. The van der Waals surface area contributed by atoms with E-state index in [1.165, 1.54) is 4.90 Å². The van der Waals surface area contributed by atoms with Crippen LogP contribution >= 0.6 is 0 Å². The third-order valence-electron chi connectivity index (χ3n) is 5.86. The summed E-state index contributed by atoms with van der Waals surface area (Å²) in [5.41, 5.74) is 1.20. The normalized spacial score (nSPS) is 13.6. The van der Waals surface area contributed by atoms with Gasteiger partial charge >= 0.3 is 6.09 Å². The molecule has 3 amide bonds. The fraction of sp³-hybridized carbons (Fsp3) is 0.464. The fourth-order valence-corrected chi connectivity index (χ4v) is 3.81. The minimum atomic E-state index is -1.30. The number of ether oxygens (including phenoxy) is 2. The molecule has 3 unspecified atom stereocenters. The van der Waals surface area contributed by atoms with Crippen LogP contribution in [-0.4, -0.2) is 59.3 Å². The summed E-state index contributed by atoms with van der Waals surface area (Å²) in [5, 5.41) is 15.4. The van der Waals surface area contributed by atoms with Crippen LogP contribution in [0.4, 0.5) is 10.5 Å². The molecule has 0 aliphatic carbocycles. The van der Waals surface area contributed by atoms with Gasteiger partial charge < -0.3 is 30.1 Å². The van der Waals surface area contributed by atoms with Gasteiger partial charge in [0, 0.05) is 11.7 Å². The van der Waals surface area contributed by atoms with Crippen LogP contribution in [0.1, 0.15) is 58.2 Å². The van der Waals surface area contributed by atoms with Crippen LogP contribution in [0, 0.1) is 6.92 Å². The highest BCUT2D eigenvalue weighted by atomic mass is 16.6. The van der Waals surface area contributed by atoms with E-state index in [9.17, 15) is 19.5 Å². The van der Waals surface area contributed by atoms with E-state index in [2.05, 4.69) is 10.6 Å². The maximum absolute atomic E-state index is 13.8. The predicted molar refractivity (Wildman–Crippen MR) is 142 cm³/mol. The topological polar surface area (TPSA) is 117 Å². The molecule has 0 fully saturated rings. The quantitative estimate of drug-likeness (QED) is 0.438. The number of amides is 3. The zero-order valence-electron chi connectivity index (χ0n) is 22.7. The minimum absolute atomic E-state index is 0.395. The highest BCUT2D eigenvalue weighted by molar-refractivity contribution is 5.99. The number of aryl methyl sites for hydroxylation is 1. The van der Waals surface area contributed by atoms with E-state index in [1.54, 1.807) is 64.3 Å². The summed E-state index contributed by atoms with van der Waals surface area (Å²) in [4.78, 5) is 41.5. The number of nitrogens with one attached hydrogen (secondary N) is 2. The minimum Gasteiger partial charge on any atom is -0.497 e. The van der Waals surface area contributed by atoms with Crippen LogP contribution in [0.25, 0.3) is 0 Å². The van der Waals surface area contributed by atoms with Gasteiger partial charge in [-0.1, -0.05) is 31.2 Å². The molecule has 2 rings (SSSR count). The van der Waals surface area contributed by atoms with Crippen molar-refractivity contribution in [3.05, 3.63) is 59.7 Å². The van der Waals surface area contributed by atoms with Crippen LogP contribution in [0.15, 0.2) is 48.5 Å². The Morgan fingerprint density at radius 2 is 1.68 bits per heavy atom. The monoisotopic (exact) mass is 513 g/mol. The maximum atomic E-state index is 13.8. The maximum Gasteiger partial charge on any atom is 0.408 e. The second-order valence-electron chi connectivity index (χ2n) is 9.86. The molecule has 0 aliphatic rings. The molecule has 0 aliphatic heterocycles. The Bertz CT molecular complexity index is 1060. The van der Waals surface area contributed by atoms with E-state index in [4.69, 9.17) is 9.47 Å². The van der Waals surface area contributed by atoms with Gasteiger partial charge in [-0.05, 0) is 76.4 Å². The summed E-state index contributed by atoms with van der Waals surface area (Å²) < 4.78 is 10.5. The fourth-order valence-electron chi connectivity index (χ4n) is 3.81. The molecule has 0 spiro atoms. The summed E-state index contributed by atoms with van der Waals surface area (Å²) in [7, 11) is 1.56. The van der Waals surface area contributed by atoms with Gasteiger partial charge in [0.2, 0.25) is 5.91 Å². The lowest BCUT2D eigenvalue weighted by atomic mass is 9.96. The largest absolute Gasteiger partial charge is 0.497 e. The number of anilines is 1. The van der Waals surface area contributed by atoms with E-state index in [0.29, 0.717) is 23.4 Å². The first kappa shape index (κ1) is 29.6. The molecule has 3 N–H and O–H groups in total. The highest BCUT2D eigenvalue weighted by Crippen LogP contribution is 2.30. The average Bonchev–Trinajstić information content (AvgIpc) is 2.85. The smallest absolute Gasteiger partial charge is 0.408 e. The van der Waals surface area contributed by atoms with Crippen molar-refractivity contribution in [1.29, 1.82) is 0 Å². The first-order chi connectivity index (χ1) is 17.4. The molecular weight excluding hydrogens is 474 g/mol. The van der Waals surface area contributed by atoms with Crippen LogP contribution in [0.5, 0.6) is 5.75 Å². The van der Waals surface area contributed by atoms with E-state index < -0.39 is 48.2 Å². The van der Waals surface area contributed by atoms with Crippen molar-refractivity contribution in [3.63, 3.8) is 0 Å². The first-order valence-electron chi connectivity index (χ1n) is 12.3. The highest BCUT2D eigenvalue weighted by Gasteiger charge is 2.39. The Morgan fingerprint density at radius 3 is 2.19 bits per heavy atom. The lowest BCUT2D eigenvalue weighted by molar-refractivity contribution is -0.144. The lowest BCUT2D eigenvalue weighted by Gasteiger charge is -2.38. The van der Waals surface area contributed by atoms with Gasteiger partial charge in [0.05, 0.1) is 13.7 Å². The number of methoxy groups -OCH3 is 1. The van der Waals surface area contributed by atoms with Crippen molar-refractivity contribution in [1.82, 2.24) is 10.2 Å². The van der Waals surface area contributed by atoms with Crippen LogP contribution < -0.4 is 15.4 Å². The molecule has 2 aromatic carbocycles. The zero-order chi connectivity index (χ0) is 27.8. The summed E-state index contributed by atoms with van der Waals surface area (Å²) in [5.74, 6) is -0.383. The molecule has 9 nitrogen and oxygen atoms in total. The number of carbonyl (C=O) groups is 3. The molecule has 3 atom stereocenters. The van der Waals surface area contributed by atoms with Gasteiger partial charge in [-0.25, -0.2) is 4.79 Å². The zero-order valence-corrected chi connectivity index (χ0v) is 22.7. The molecule has 0 heterocycles. The lowest BCUT2D eigenvalue weighted by Crippen LogP contribution is -2.56. The molecule has 0 saturated heterocycles. The number of rotatable bonds is 10. The summed E-state index contributed by atoms with van der Waals surface area (Å²) in [6.07, 6.45) is -0.298.